The SMILES string of the molecule is COc1ccc(C(=O)Nc2ccc3oc(C(C)C)c(C(=O)c4cc(I)c(OCC(=O)O)c(I)c4)c3c2)cc1. The second-order valence-electron chi connectivity index (χ2n) is 8.67. The highest BCUT2D eigenvalue weighted by molar-refractivity contribution is 14.1. The Morgan fingerprint density at radius 3 is 2.21 bits per heavy atom. The molecule has 3 aromatic carbocycles. The molecular weight excluding hydrogens is 716 g/mol. The second-order valence-corrected chi connectivity index (χ2v) is 11.0. The van der Waals surface area contributed by atoms with Crippen molar-refractivity contribution in [1.29, 1.82) is 0 Å². The Hall–Kier alpha value is -3.13. The number of furan rings is 1. The average molecular weight is 739 g/mol. The first kappa shape index (κ1) is 27.9. The molecule has 0 atom stereocenters. The summed E-state index contributed by atoms with van der Waals surface area (Å²) < 4.78 is 17.9. The summed E-state index contributed by atoms with van der Waals surface area (Å²) in [5, 5.41) is 12.4. The Morgan fingerprint density at radius 1 is 0.974 bits per heavy atom. The van der Waals surface area contributed by atoms with Crippen molar-refractivity contribution in [3.8, 4) is 11.5 Å². The number of ketones is 1. The molecule has 0 unspecified atom stereocenters. The zero-order chi connectivity index (χ0) is 27.6. The van der Waals surface area contributed by atoms with Crippen LogP contribution in [-0.2, 0) is 4.79 Å². The normalized spacial score (nSPS) is 11.0. The fraction of sp³-hybridized carbons (Fsp3) is 0.179. The maximum Gasteiger partial charge on any atom is 0.341 e. The average Bonchev–Trinajstić information content (AvgIpc) is 3.26. The minimum Gasteiger partial charge on any atom is -0.497 e. The van der Waals surface area contributed by atoms with Crippen LogP contribution < -0.4 is 14.8 Å². The summed E-state index contributed by atoms with van der Waals surface area (Å²) in [7, 11) is 1.56. The van der Waals surface area contributed by atoms with E-state index in [9.17, 15) is 14.4 Å². The lowest BCUT2D eigenvalue weighted by Crippen LogP contribution is -2.12. The highest BCUT2D eigenvalue weighted by Gasteiger charge is 2.26. The summed E-state index contributed by atoms with van der Waals surface area (Å²) in [4.78, 5) is 37.6. The summed E-state index contributed by atoms with van der Waals surface area (Å²) in [6.45, 7) is 3.41. The number of methoxy groups -OCH3 is 1. The van der Waals surface area contributed by atoms with Gasteiger partial charge in [0.1, 0.15) is 22.8 Å². The third-order valence-electron chi connectivity index (χ3n) is 5.68. The Bertz CT molecular complexity index is 1520. The van der Waals surface area contributed by atoms with Crippen molar-refractivity contribution < 1.29 is 33.4 Å². The van der Waals surface area contributed by atoms with Gasteiger partial charge in [0.2, 0.25) is 0 Å². The van der Waals surface area contributed by atoms with Crippen LogP contribution in [0.15, 0.2) is 59.0 Å². The van der Waals surface area contributed by atoms with Gasteiger partial charge in [-0.15, -0.1) is 0 Å². The Balaban J connectivity index is 1.71. The van der Waals surface area contributed by atoms with Gasteiger partial charge in [-0.25, -0.2) is 4.79 Å². The lowest BCUT2D eigenvalue weighted by atomic mass is 9.96. The van der Waals surface area contributed by atoms with E-state index in [2.05, 4.69) is 5.32 Å². The van der Waals surface area contributed by atoms with Gasteiger partial charge in [-0.3, -0.25) is 9.59 Å². The maximum absolute atomic E-state index is 13.8. The van der Waals surface area contributed by atoms with Crippen molar-refractivity contribution in [3.63, 3.8) is 0 Å². The first-order chi connectivity index (χ1) is 18.1. The smallest absolute Gasteiger partial charge is 0.341 e. The molecule has 0 aliphatic rings. The van der Waals surface area contributed by atoms with Crippen LogP contribution in [0, 0.1) is 7.14 Å². The van der Waals surface area contributed by atoms with Crippen LogP contribution in [-0.4, -0.2) is 36.5 Å². The molecule has 2 N–H and O–H groups in total. The molecule has 0 radical (unpaired) electrons. The van der Waals surface area contributed by atoms with Gasteiger partial charge < -0.3 is 24.3 Å². The number of carboxylic acid groups (broad SMARTS) is 1. The summed E-state index contributed by atoms with van der Waals surface area (Å²) in [6.07, 6.45) is 0. The molecule has 10 heteroatoms. The minimum atomic E-state index is -1.09. The van der Waals surface area contributed by atoms with Crippen molar-refractivity contribution in [3.05, 3.63) is 84.2 Å². The molecule has 196 valence electrons. The molecule has 0 aliphatic heterocycles. The highest BCUT2D eigenvalue weighted by Crippen LogP contribution is 2.36. The van der Waals surface area contributed by atoms with Crippen LogP contribution in [0.4, 0.5) is 5.69 Å². The van der Waals surface area contributed by atoms with Gasteiger partial charge in [-0.1, -0.05) is 13.8 Å². The number of nitrogens with one attached hydrogen (secondary N) is 1. The van der Waals surface area contributed by atoms with Crippen molar-refractivity contribution in [2.24, 2.45) is 0 Å². The number of amides is 1. The fourth-order valence-electron chi connectivity index (χ4n) is 3.89. The van der Waals surface area contributed by atoms with E-state index >= 15 is 0 Å². The molecule has 0 spiro atoms. The molecule has 0 bridgehead atoms. The number of carboxylic acids is 1. The summed E-state index contributed by atoms with van der Waals surface area (Å²) in [6, 6.07) is 15.3. The Morgan fingerprint density at radius 2 is 1.63 bits per heavy atom. The van der Waals surface area contributed by atoms with Crippen LogP contribution in [0.1, 0.15) is 51.8 Å². The van der Waals surface area contributed by atoms with E-state index in [1.807, 2.05) is 59.0 Å². The van der Waals surface area contributed by atoms with E-state index in [4.69, 9.17) is 19.0 Å². The molecule has 4 aromatic rings. The van der Waals surface area contributed by atoms with Crippen LogP contribution in [0.5, 0.6) is 11.5 Å². The number of anilines is 1. The molecule has 1 aromatic heterocycles. The molecule has 0 aliphatic carbocycles. The molecule has 8 nitrogen and oxygen atoms in total. The van der Waals surface area contributed by atoms with Crippen LogP contribution in [0.3, 0.4) is 0 Å². The van der Waals surface area contributed by atoms with E-state index in [0.29, 0.717) is 57.7 Å². The Kier molecular flexibility index (Phi) is 8.61. The predicted molar refractivity (Wildman–Crippen MR) is 160 cm³/mol. The van der Waals surface area contributed by atoms with Crippen LogP contribution >= 0.6 is 45.2 Å². The van der Waals surface area contributed by atoms with Crippen molar-refractivity contribution in [2.45, 2.75) is 19.8 Å². The molecule has 0 saturated carbocycles. The minimum absolute atomic E-state index is 0.0741. The van der Waals surface area contributed by atoms with Gasteiger partial charge in [0.25, 0.3) is 5.91 Å². The molecule has 38 heavy (non-hydrogen) atoms. The lowest BCUT2D eigenvalue weighted by Gasteiger charge is -2.11. The fourth-order valence-corrected chi connectivity index (χ4v) is 5.97. The van der Waals surface area contributed by atoms with Crippen LogP contribution in [0.25, 0.3) is 11.0 Å². The number of hydrogen-bond acceptors (Lipinski definition) is 6. The number of halogens is 2. The number of fused-ring (bicyclic) bond motifs is 1. The van der Waals surface area contributed by atoms with Gasteiger partial charge in [0, 0.05) is 28.1 Å². The van der Waals surface area contributed by atoms with E-state index in [-0.39, 0.29) is 17.6 Å². The monoisotopic (exact) mass is 739 g/mol. The van der Waals surface area contributed by atoms with E-state index in [0.717, 1.165) is 0 Å². The summed E-state index contributed by atoms with van der Waals surface area (Å²) in [5.41, 5.74) is 2.35. The molecular formula is C28H23I2NO7. The number of carbonyl (C=O) groups is 3. The number of rotatable bonds is 9. The number of ether oxygens (including phenoxy) is 2. The van der Waals surface area contributed by atoms with Gasteiger partial charge in [0.05, 0.1) is 19.8 Å². The third-order valence-corrected chi connectivity index (χ3v) is 7.28. The summed E-state index contributed by atoms with van der Waals surface area (Å²) in [5.74, 6) is -0.0977. The van der Waals surface area contributed by atoms with Gasteiger partial charge in [-0.2, -0.15) is 0 Å². The predicted octanol–water partition coefficient (Wildman–Crippen LogP) is 6.72. The van der Waals surface area contributed by atoms with Gasteiger partial charge in [-0.05, 0) is 99.8 Å². The zero-order valence-electron chi connectivity index (χ0n) is 20.6. The molecule has 0 fully saturated rings. The van der Waals surface area contributed by atoms with Crippen molar-refractivity contribution >= 4 is 79.5 Å². The van der Waals surface area contributed by atoms with Gasteiger partial charge >= 0.3 is 5.97 Å². The van der Waals surface area contributed by atoms with E-state index in [1.165, 1.54) is 0 Å². The second kappa shape index (κ2) is 11.7. The topological polar surface area (TPSA) is 115 Å². The summed E-state index contributed by atoms with van der Waals surface area (Å²) >= 11 is 4.05. The standard InChI is InChI=1S/C28H23I2NO7/c1-14(2)26-24(25(34)16-10-20(29)27(21(30)11-16)37-13-23(32)33)19-12-17(6-9-22(19)38-26)31-28(35)15-4-7-18(36-3)8-5-15/h4-12,14H,13H2,1-3H3,(H,31,35)(H,32,33). The molecule has 1 heterocycles. The van der Waals surface area contributed by atoms with Crippen molar-refractivity contribution in [2.75, 3.05) is 19.0 Å². The van der Waals surface area contributed by atoms with Crippen molar-refractivity contribution in [1.82, 2.24) is 0 Å². The van der Waals surface area contributed by atoms with E-state index < -0.39 is 12.6 Å². The van der Waals surface area contributed by atoms with Gasteiger partial charge in [0.15, 0.2) is 12.4 Å². The molecule has 0 saturated heterocycles. The molecule has 1 amide bonds. The quantitative estimate of drug-likeness (QED) is 0.145. The Labute approximate surface area is 246 Å². The zero-order valence-corrected chi connectivity index (χ0v) is 24.9. The lowest BCUT2D eigenvalue weighted by molar-refractivity contribution is -0.139. The first-order valence-electron chi connectivity index (χ1n) is 11.5. The first-order valence-corrected chi connectivity index (χ1v) is 13.6. The third kappa shape index (κ3) is 5.96. The van der Waals surface area contributed by atoms with E-state index in [1.54, 1.807) is 61.7 Å². The number of hydrogen-bond donors (Lipinski definition) is 2. The number of benzene rings is 3. The highest BCUT2D eigenvalue weighted by atomic mass is 127. The number of carbonyl (C=O) groups excluding carboxylic acids is 2. The maximum atomic E-state index is 13.8. The molecule has 4 rings (SSSR count). The van der Waals surface area contributed by atoms with Crippen LogP contribution in [0.2, 0.25) is 0 Å². The largest absolute Gasteiger partial charge is 0.497 e. The number of aliphatic carboxylic acids is 1.